The third kappa shape index (κ3) is 28.6. The van der Waals surface area contributed by atoms with Crippen molar-refractivity contribution in [1.82, 2.24) is 0 Å². The van der Waals surface area contributed by atoms with Gasteiger partial charge in [0.2, 0.25) is 0 Å². The summed E-state index contributed by atoms with van der Waals surface area (Å²) in [5.74, 6) is -7.31. The lowest BCUT2D eigenvalue weighted by molar-refractivity contribution is -0.151. The van der Waals surface area contributed by atoms with Gasteiger partial charge in [0.25, 0.3) is 0 Å². The van der Waals surface area contributed by atoms with Crippen LogP contribution in [0.5, 0.6) is 0 Å². The summed E-state index contributed by atoms with van der Waals surface area (Å²) in [5, 5.41) is 38.8. The van der Waals surface area contributed by atoms with Gasteiger partial charge in [0.15, 0.2) is 0 Å². The fourth-order valence-corrected chi connectivity index (χ4v) is 25.0. The molecule has 4 unspecified atom stereocenters. The number of carbonyl (C=O) groups excluding carboxylic acids is 5. The Balaban J connectivity index is 0.000000151. The van der Waals surface area contributed by atoms with Crippen LogP contribution in [0.4, 0.5) is 0 Å². The van der Waals surface area contributed by atoms with Crippen LogP contribution >= 0.6 is 47.9 Å². The molecule has 22 heteroatoms. The van der Waals surface area contributed by atoms with E-state index in [0.717, 1.165) is 113 Å². The van der Waals surface area contributed by atoms with Crippen molar-refractivity contribution in [3.05, 3.63) is 406 Å². The van der Waals surface area contributed by atoms with Gasteiger partial charge in [-0.3, -0.25) is 43.2 Å². The number of thiol groups is 1. The van der Waals surface area contributed by atoms with Gasteiger partial charge in [-0.1, -0.05) is 418 Å². The van der Waals surface area contributed by atoms with E-state index in [1.165, 1.54) is 116 Å². The van der Waals surface area contributed by atoms with E-state index in [1.807, 2.05) is 164 Å². The molecule has 4 N–H and O–H groups in total. The van der Waals surface area contributed by atoms with E-state index in [2.05, 4.69) is 189 Å². The van der Waals surface area contributed by atoms with E-state index in [0.29, 0.717) is 17.9 Å². The molecule has 0 saturated heterocycles. The summed E-state index contributed by atoms with van der Waals surface area (Å²) < 4.78 is 27.1. The summed E-state index contributed by atoms with van der Waals surface area (Å²) in [7, 11) is 0. The first kappa shape index (κ1) is 110. The van der Waals surface area contributed by atoms with Crippen molar-refractivity contribution < 1.29 is 87.3 Å². The van der Waals surface area contributed by atoms with Crippen LogP contribution < -0.4 is 0 Å². The largest absolute Gasteiger partial charge is 0.481 e. The molecule has 0 saturated carbocycles. The van der Waals surface area contributed by atoms with Gasteiger partial charge in [-0.25, -0.2) is 0 Å². The van der Waals surface area contributed by atoms with Gasteiger partial charge in [-0.15, -0.1) is 11.8 Å². The average Bonchev–Trinajstić information content (AvgIpc) is 1.62. The quantitative estimate of drug-likeness (QED) is 0.00779. The minimum Gasteiger partial charge on any atom is -0.481 e. The Morgan fingerprint density at radius 2 is 0.497 bits per heavy atom. The van der Waals surface area contributed by atoms with Crippen molar-refractivity contribution in [2.75, 3.05) is 67.6 Å². The molecule has 18 nitrogen and oxygen atoms in total. The zero-order valence-electron chi connectivity index (χ0n) is 84.1. The summed E-state index contributed by atoms with van der Waals surface area (Å²) in [6, 6.07) is 112. The average molecular weight is 2070 g/mol. The molecule has 149 heavy (non-hydrogen) atoms. The zero-order chi connectivity index (χ0) is 104. The monoisotopic (exact) mass is 2070 g/mol. The van der Waals surface area contributed by atoms with E-state index in [9.17, 15) is 58.5 Å². The fraction of sp³-hybridized carbons (Fsp3) is 0.315. The number of thioether (sulfide) groups is 3. The van der Waals surface area contributed by atoms with Gasteiger partial charge in [0.1, 0.15) is 33.0 Å². The van der Waals surface area contributed by atoms with E-state index >= 15 is 0 Å². The van der Waals surface area contributed by atoms with Gasteiger partial charge in [-0.2, -0.15) is 36.2 Å². The molecule has 5 aliphatic carbocycles. The van der Waals surface area contributed by atoms with Crippen molar-refractivity contribution in [2.24, 2.45) is 23.7 Å². The Bertz CT molecular complexity index is 6370. The van der Waals surface area contributed by atoms with Gasteiger partial charge in [0.05, 0.1) is 54.1 Å². The van der Waals surface area contributed by atoms with Crippen LogP contribution in [0.3, 0.4) is 0 Å². The summed E-state index contributed by atoms with van der Waals surface area (Å²) in [6.07, 6.45) is 16.2. The SMILES string of the molecule is CCCCCCCCCCCCCCCC(=O)OCCSCC(CC(=O)OCC1c2ccccc2-c2ccccc21)C(=O)O.O=C(CC(CS)C(=O)O)OCC1c2ccccc2-c2ccccc21.O=C(CC(CSC(c1ccccc1)(c1ccccc1)c1ccccc1)C(=O)O)OCC1c2ccccc2-c2ccccc21.O=C(CC(CSCC1c2ccccc2-c2ccccc21)C(=O)O)OCC1c2ccccc2-c2ccccc21. The first-order valence-corrected chi connectivity index (χ1v) is 55.9. The summed E-state index contributed by atoms with van der Waals surface area (Å²) in [5.41, 5.74) is 26.5. The standard InChI is InChI=1S/C38H32O4S.C37H52O6S.C33H28O4S.C19H18O4S/c39-36(42-25-35-33-22-12-10-20-31(33)32-21-11-13-23-34(32)35)24-27(37(40)41)26-43-38(28-14-4-1-5-15-28,29-16-6-2-7-17-29)30-18-8-3-9-19-30;1-2-3-4-5-6-7-8-9-10-11-12-13-14-23-35(38)42-24-25-44-28-29(37(40)41)26-36(39)43-27-34-32-21-17-15-19-30(32)31-20-16-18-22-33(31)34;34-32(37-18-30-26-13-5-1-9-22(26)23-10-2-6-14-27(23)30)17-21(33(35)36)19-38-20-31-28-15-7-3-11-24(28)25-12-4-8-16-29(25)31;20-18(9-12(11-24)19(21)22)23-10-17-15-7-3-1-5-13(15)14-6-2-4-8-16(14)17/h1-23,27,35H,24-26H2,(H,40,41);15-22,29,34H,2-14,23-28H2,1H3,(H,40,41);1-16,21,30-31H,17-20H2,(H,35,36);1-8,12,17,24H,9-11H2,(H,21,22). The minimum absolute atomic E-state index is 0.0133. The molecule has 13 aromatic carbocycles. The van der Waals surface area contributed by atoms with Gasteiger partial charge in [0, 0.05) is 70.5 Å². The molecule has 0 heterocycles. The number of carbonyl (C=O) groups is 9. The second kappa shape index (κ2) is 55.7. The number of hydrogen-bond acceptors (Lipinski definition) is 18. The number of esters is 5. The van der Waals surface area contributed by atoms with Crippen molar-refractivity contribution in [3.8, 4) is 55.6 Å². The number of unbranched alkanes of at least 4 members (excludes halogenated alkanes) is 12. The number of rotatable bonds is 50. The van der Waals surface area contributed by atoms with Crippen LogP contribution in [0.15, 0.2) is 334 Å². The topological polar surface area (TPSA) is 281 Å². The predicted molar refractivity (Wildman–Crippen MR) is 597 cm³/mol. The molecule has 18 rings (SSSR count). The number of carboxylic acid groups (broad SMARTS) is 4. The lowest BCUT2D eigenvalue weighted by atomic mass is 9.84. The summed E-state index contributed by atoms with van der Waals surface area (Å²) in [6.45, 7) is 3.28. The highest BCUT2D eigenvalue weighted by Gasteiger charge is 2.41. The van der Waals surface area contributed by atoms with Crippen LogP contribution in [-0.4, -0.2) is 142 Å². The van der Waals surface area contributed by atoms with Gasteiger partial charge < -0.3 is 44.1 Å². The molecule has 0 aromatic heterocycles. The maximum atomic E-state index is 13.2. The Kier molecular flexibility index (Phi) is 41.0. The lowest BCUT2D eigenvalue weighted by Crippen LogP contribution is -2.29. The maximum Gasteiger partial charge on any atom is 0.307 e. The van der Waals surface area contributed by atoms with E-state index < -0.39 is 76.2 Å². The molecule has 770 valence electrons. The number of benzene rings is 13. The molecule has 0 fully saturated rings. The molecule has 0 aliphatic heterocycles. The second-order valence-corrected chi connectivity index (χ2v) is 42.2. The molecule has 5 aliphatic rings. The normalized spacial score (nSPS) is 13.5. The van der Waals surface area contributed by atoms with Crippen molar-refractivity contribution in [2.45, 2.75) is 157 Å². The number of carboxylic acids is 4. The van der Waals surface area contributed by atoms with E-state index in [1.54, 1.807) is 23.5 Å². The highest BCUT2D eigenvalue weighted by molar-refractivity contribution is 8.00. The van der Waals surface area contributed by atoms with Gasteiger partial charge in [-0.05, 0) is 134 Å². The lowest BCUT2D eigenvalue weighted by Gasteiger charge is -2.36. The Labute approximate surface area is 892 Å². The second-order valence-electron chi connectivity index (χ2n) is 38.4. The number of aliphatic carboxylic acids is 4. The number of hydrogen-bond donors (Lipinski definition) is 5. The first-order valence-electron chi connectivity index (χ1n) is 52.0. The van der Waals surface area contributed by atoms with Crippen molar-refractivity contribution in [3.63, 3.8) is 0 Å². The molecule has 13 aromatic rings. The fourth-order valence-electron chi connectivity index (χ4n) is 20.9. The first-order chi connectivity index (χ1) is 72.8. The molecular weight excluding hydrogens is 1940 g/mol. The molecular formula is C127H130O18S4. The summed E-state index contributed by atoms with van der Waals surface area (Å²) in [4.78, 5) is 110. The van der Waals surface area contributed by atoms with Crippen LogP contribution in [0.2, 0.25) is 0 Å². The number of fused-ring (bicyclic) bond motifs is 15. The molecule has 0 amide bonds. The molecule has 0 bridgehead atoms. The van der Waals surface area contributed by atoms with Crippen molar-refractivity contribution in [1.29, 1.82) is 0 Å². The summed E-state index contributed by atoms with van der Waals surface area (Å²) >= 11 is 8.49. The Morgan fingerprint density at radius 1 is 0.268 bits per heavy atom. The highest BCUT2D eigenvalue weighted by Crippen LogP contribution is 2.53. The zero-order valence-corrected chi connectivity index (χ0v) is 87.5. The molecule has 4 atom stereocenters. The van der Waals surface area contributed by atoms with Crippen LogP contribution in [0.1, 0.15) is 224 Å². The van der Waals surface area contributed by atoms with E-state index in [-0.39, 0.29) is 112 Å². The smallest absolute Gasteiger partial charge is 0.307 e. The van der Waals surface area contributed by atoms with E-state index in [4.69, 9.17) is 28.8 Å². The highest BCUT2D eigenvalue weighted by atomic mass is 32.2. The predicted octanol–water partition coefficient (Wildman–Crippen LogP) is 27.7. The van der Waals surface area contributed by atoms with Crippen LogP contribution in [0, 0.1) is 23.7 Å². The van der Waals surface area contributed by atoms with Crippen LogP contribution in [-0.2, 0) is 71.6 Å². The number of ether oxygens (including phenoxy) is 5. The molecule has 0 radical (unpaired) electrons. The Hall–Kier alpha value is -13.5. The van der Waals surface area contributed by atoms with Crippen LogP contribution in [0.25, 0.3) is 55.6 Å². The Morgan fingerprint density at radius 3 is 0.758 bits per heavy atom. The molecule has 0 spiro atoms. The third-order valence-corrected chi connectivity index (χ3v) is 33.1. The van der Waals surface area contributed by atoms with Gasteiger partial charge >= 0.3 is 53.7 Å². The maximum absolute atomic E-state index is 13.2. The minimum atomic E-state index is -1.03. The third-order valence-electron chi connectivity index (χ3n) is 28.7. The van der Waals surface area contributed by atoms with Crippen molar-refractivity contribution >= 4 is 102 Å².